The van der Waals surface area contributed by atoms with E-state index in [4.69, 9.17) is 14.5 Å². The monoisotopic (exact) mass is 479 g/mol. The predicted octanol–water partition coefficient (Wildman–Crippen LogP) is 4.47. The molecule has 2 fully saturated rings. The molecule has 1 saturated carbocycles. The lowest BCUT2D eigenvalue weighted by Crippen LogP contribution is -2.33. The summed E-state index contributed by atoms with van der Waals surface area (Å²) in [5.41, 5.74) is 4.29. The molecule has 2 N–H and O–H groups in total. The van der Waals surface area contributed by atoms with E-state index in [0.717, 1.165) is 56.3 Å². The van der Waals surface area contributed by atoms with Gasteiger partial charge in [-0.3, -0.25) is 14.7 Å². The summed E-state index contributed by atoms with van der Waals surface area (Å²) >= 11 is 0. The Kier molecular flexibility index (Phi) is 7.84. The summed E-state index contributed by atoms with van der Waals surface area (Å²) in [4.78, 5) is 19.1. The number of carboxylic acids is 1. The Morgan fingerprint density at radius 2 is 2.06 bits per heavy atom. The average Bonchev–Trinajstić information content (AvgIpc) is 3.60. The van der Waals surface area contributed by atoms with E-state index >= 15 is 0 Å². The molecule has 3 aliphatic rings. The molecular weight excluding hydrogens is 442 g/mol. The molecular formula is C28H37N3O4. The molecule has 1 aliphatic carbocycles. The van der Waals surface area contributed by atoms with Gasteiger partial charge in [0, 0.05) is 37.5 Å². The van der Waals surface area contributed by atoms with Crippen molar-refractivity contribution >= 4 is 11.7 Å². The van der Waals surface area contributed by atoms with Crippen molar-refractivity contribution in [3.63, 3.8) is 0 Å². The van der Waals surface area contributed by atoms with E-state index in [1.807, 2.05) is 29.2 Å². The number of aliphatic carboxylic acids is 1. The lowest BCUT2D eigenvalue weighted by Gasteiger charge is -2.26. The van der Waals surface area contributed by atoms with Crippen LogP contribution in [0.1, 0.15) is 61.5 Å². The van der Waals surface area contributed by atoms with Gasteiger partial charge in [-0.05, 0) is 75.5 Å². The number of likely N-dealkylation sites (tertiary alicyclic amines) is 1. The van der Waals surface area contributed by atoms with Crippen molar-refractivity contribution in [1.82, 2.24) is 9.88 Å². The highest BCUT2D eigenvalue weighted by atomic mass is 16.5. The van der Waals surface area contributed by atoms with Gasteiger partial charge in [0.05, 0.1) is 24.1 Å². The SMILES string of the molecule is O=C(O)C(c1ccccc1OCC1CC1)N1CC[C@@H](OCCCCc2ccc3c(n2)CCCN3)C1. The van der Waals surface area contributed by atoms with Crippen molar-refractivity contribution < 1.29 is 19.4 Å². The minimum Gasteiger partial charge on any atom is -0.493 e. The van der Waals surface area contributed by atoms with Crippen LogP contribution in [0.25, 0.3) is 0 Å². The fraction of sp³-hybridized carbons (Fsp3) is 0.571. The molecule has 1 saturated heterocycles. The van der Waals surface area contributed by atoms with E-state index in [-0.39, 0.29) is 6.10 Å². The van der Waals surface area contributed by atoms with E-state index in [1.54, 1.807) is 0 Å². The van der Waals surface area contributed by atoms with E-state index in [9.17, 15) is 9.90 Å². The van der Waals surface area contributed by atoms with Crippen LogP contribution >= 0.6 is 0 Å². The summed E-state index contributed by atoms with van der Waals surface area (Å²) in [7, 11) is 0. The predicted molar refractivity (Wildman–Crippen MR) is 135 cm³/mol. The van der Waals surface area contributed by atoms with Gasteiger partial charge < -0.3 is 19.9 Å². The molecule has 0 amide bonds. The second kappa shape index (κ2) is 11.4. The number of anilines is 1. The van der Waals surface area contributed by atoms with Gasteiger partial charge in [-0.15, -0.1) is 0 Å². The molecule has 188 valence electrons. The number of carbonyl (C=O) groups is 1. The molecule has 7 heteroatoms. The number of hydrogen-bond acceptors (Lipinski definition) is 6. The Hall–Kier alpha value is -2.64. The number of aryl methyl sites for hydroxylation is 2. The summed E-state index contributed by atoms with van der Waals surface area (Å²) in [5, 5.41) is 13.5. The first-order chi connectivity index (χ1) is 17.2. The Morgan fingerprint density at radius 1 is 1.17 bits per heavy atom. The van der Waals surface area contributed by atoms with E-state index in [1.165, 1.54) is 24.2 Å². The molecule has 7 nitrogen and oxygen atoms in total. The summed E-state index contributed by atoms with van der Waals surface area (Å²) in [6.07, 6.45) is 8.54. The molecule has 1 aromatic heterocycles. The number of fused-ring (bicyclic) bond motifs is 1. The van der Waals surface area contributed by atoms with Crippen molar-refractivity contribution in [2.75, 3.05) is 38.2 Å². The highest BCUT2D eigenvalue weighted by Gasteiger charge is 2.35. The first kappa shape index (κ1) is 24.1. The Balaban J connectivity index is 1.08. The zero-order valence-corrected chi connectivity index (χ0v) is 20.5. The maximum atomic E-state index is 12.3. The summed E-state index contributed by atoms with van der Waals surface area (Å²) in [6, 6.07) is 11.2. The minimum absolute atomic E-state index is 0.0735. The van der Waals surface area contributed by atoms with Crippen LogP contribution in [0.5, 0.6) is 5.75 Å². The summed E-state index contributed by atoms with van der Waals surface area (Å²) in [5.74, 6) is 0.486. The molecule has 0 bridgehead atoms. The highest BCUT2D eigenvalue weighted by Crippen LogP contribution is 2.35. The van der Waals surface area contributed by atoms with Crippen molar-refractivity contribution in [2.24, 2.45) is 5.92 Å². The quantitative estimate of drug-likeness (QED) is 0.435. The van der Waals surface area contributed by atoms with Crippen LogP contribution in [-0.4, -0.2) is 59.9 Å². The third-order valence-corrected chi connectivity index (χ3v) is 7.28. The fourth-order valence-electron chi connectivity index (χ4n) is 5.11. The number of unbranched alkanes of at least 4 members (excludes halogenated alkanes) is 1. The number of benzene rings is 1. The number of ether oxygens (including phenoxy) is 2. The van der Waals surface area contributed by atoms with Gasteiger partial charge in [-0.1, -0.05) is 18.2 Å². The second-order valence-electron chi connectivity index (χ2n) is 10.1. The molecule has 2 aromatic rings. The molecule has 1 aromatic carbocycles. The molecule has 1 unspecified atom stereocenters. The van der Waals surface area contributed by atoms with Crippen LogP contribution in [0.2, 0.25) is 0 Å². The Morgan fingerprint density at radius 3 is 2.91 bits per heavy atom. The number of carboxylic acid groups (broad SMARTS) is 1. The van der Waals surface area contributed by atoms with Gasteiger partial charge in [-0.2, -0.15) is 0 Å². The van der Waals surface area contributed by atoms with Crippen molar-refractivity contribution in [3.8, 4) is 5.75 Å². The van der Waals surface area contributed by atoms with Gasteiger partial charge in [0.25, 0.3) is 0 Å². The van der Waals surface area contributed by atoms with Crippen LogP contribution in [0, 0.1) is 5.92 Å². The second-order valence-corrected chi connectivity index (χ2v) is 10.1. The first-order valence-electron chi connectivity index (χ1n) is 13.2. The van der Waals surface area contributed by atoms with Gasteiger partial charge >= 0.3 is 5.97 Å². The first-order valence-corrected chi connectivity index (χ1v) is 13.2. The largest absolute Gasteiger partial charge is 0.493 e. The molecule has 3 heterocycles. The molecule has 2 atom stereocenters. The van der Waals surface area contributed by atoms with Crippen LogP contribution in [0.4, 0.5) is 5.69 Å². The van der Waals surface area contributed by atoms with Crippen LogP contribution in [0.15, 0.2) is 36.4 Å². The van der Waals surface area contributed by atoms with Gasteiger partial charge in [-0.25, -0.2) is 0 Å². The van der Waals surface area contributed by atoms with E-state index < -0.39 is 12.0 Å². The van der Waals surface area contributed by atoms with Gasteiger partial charge in [0.15, 0.2) is 0 Å². The third kappa shape index (κ3) is 6.33. The van der Waals surface area contributed by atoms with E-state index in [0.29, 0.717) is 38.0 Å². The Labute approximate surface area is 207 Å². The number of hydrogen-bond donors (Lipinski definition) is 2. The zero-order chi connectivity index (χ0) is 24.0. The number of aromatic nitrogens is 1. The zero-order valence-electron chi connectivity index (χ0n) is 20.5. The number of rotatable bonds is 12. The number of pyridine rings is 1. The topological polar surface area (TPSA) is 83.9 Å². The maximum Gasteiger partial charge on any atom is 0.325 e. The normalized spacial score (nSPS) is 20.7. The van der Waals surface area contributed by atoms with Gasteiger partial charge in [0.1, 0.15) is 11.8 Å². The maximum absolute atomic E-state index is 12.3. The third-order valence-electron chi connectivity index (χ3n) is 7.28. The number of nitrogens with one attached hydrogen (secondary N) is 1. The van der Waals surface area contributed by atoms with Gasteiger partial charge in [0.2, 0.25) is 0 Å². The summed E-state index contributed by atoms with van der Waals surface area (Å²) < 4.78 is 12.2. The average molecular weight is 480 g/mol. The molecule has 0 spiro atoms. The van der Waals surface area contributed by atoms with Crippen molar-refractivity contribution in [1.29, 1.82) is 0 Å². The molecule has 2 aliphatic heterocycles. The van der Waals surface area contributed by atoms with Crippen LogP contribution in [-0.2, 0) is 22.4 Å². The minimum atomic E-state index is -0.833. The molecule has 35 heavy (non-hydrogen) atoms. The smallest absolute Gasteiger partial charge is 0.325 e. The van der Waals surface area contributed by atoms with Crippen molar-refractivity contribution in [3.05, 3.63) is 53.3 Å². The lowest BCUT2D eigenvalue weighted by atomic mass is 10.0. The van der Waals surface area contributed by atoms with Crippen LogP contribution < -0.4 is 10.1 Å². The Bertz CT molecular complexity index is 1010. The fourth-order valence-corrected chi connectivity index (χ4v) is 5.11. The highest BCUT2D eigenvalue weighted by molar-refractivity contribution is 5.76. The summed E-state index contributed by atoms with van der Waals surface area (Å²) in [6.45, 7) is 3.76. The number of nitrogens with zero attached hydrogens (tertiary/aromatic N) is 2. The number of para-hydroxylation sites is 1. The lowest BCUT2D eigenvalue weighted by molar-refractivity contribution is -0.143. The van der Waals surface area contributed by atoms with E-state index in [2.05, 4.69) is 17.4 Å². The van der Waals surface area contributed by atoms with Crippen LogP contribution in [0.3, 0.4) is 0 Å². The molecule has 5 rings (SSSR count). The molecule has 0 radical (unpaired) electrons. The van der Waals surface area contributed by atoms with Crippen molar-refractivity contribution in [2.45, 2.75) is 63.5 Å². The standard InChI is InChI=1S/C28H37N3O4/c32-28(33)27(23-7-1-2-9-26(23)35-19-20-10-11-20)31-16-14-22(18-31)34-17-4-3-6-21-12-13-24-25(30-21)8-5-15-29-24/h1-2,7,9,12-13,20,22,27,29H,3-6,8,10-11,14-19H2,(H,32,33)/t22-,27?/m1/s1.